The van der Waals surface area contributed by atoms with Crippen LogP contribution in [-0.4, -0.2) is 36.5 Å². The SMILES string of the molecule is CN1CCC2(CC1)OPNC2=O. The molecule has 0 aromatic rings. The number of amides is 1. The highest BCUT2D eigenvalue weighted by atomic mass is 31.1. The molecule has 0 aromatic carbocycles. The number of nitrogens with zero attached hydrogens (tertiary/aromatic N) is 1. The summed E-state index contributed by atoms with van der Waals surface area (Å²) >= 11 is 0. The average Bonchev–Trinajstić information content (AvgIpc) is 2.41. The number of hydrogen-bond donors (Lipinski definition) is 1. The summed E-state index contributed by atoms with van der Waals surface area (Å²) in [6.07, 6.45) is 1.67. The lowest BCUT2D eigenvalue weighted by molar-refractivity contribution is -0.133. The van der Waals surface area contributed by atoms with Crippen molar-refractivity contribution in [3.8, 4) is 0 Å². The minimum Gasteiger partial charge on any atom is -0.325 e. The fraction of sp³-hybridized carbons (Fsp3) is 0.857. The molecule has 2 rings (SSSR count). The van der Waals surface area contributed by atoms with Crippen molar-refractivity contribution in [3.63, 3.8) is 0 Å². The lowest BCUT2D eigenvalue weighted by Crippen LogP contribution is -2.48. The Bertz CT molecular complexity index is 202. The van der Waals surface area contributed by atoms with E-state index in [-0.39, 0.29) is 14.9 Å². The Morgan fingerprint density at radius 3 is 2.75 bits per heavy atom. The molecule has 2 fully saturated rings. The van der Waals surface area contributed by atoms with Gasteiger partial charge in [0.15, 0.2) is 5.60 Å². The molecule has 2 heterocycles. The van der Waals surface area contributed by atoms with Crippen LogP contribution in [-0.2, 0) is 9.32 Å². The Kier molecular flexibility index (Phi) is 2.07. The average molecular weight is 188 g/mol. The van der Waals surface area contributed by atoms with Crippen molar-refractivity contribution in [2.45, 2.75) is 18.4 Å². The second-order valence-electron chi connectivity index (χ2n) is 3.46. The summed E-state index contributed by atoms with van der Waals surface area (Å²) in [7, 11) is 2.24. The highest BCUT2D eigenvalue weighted by molar-refractivity contribution is 7.31. The van der Waals surface area contributed by atoms with E-state index < -0.39 is 5.60 Å². The molecule has 0 aliphatic carbocycles. The molecule has 2 aliphatic heterocycles. The van der Waals surface area contributed by atoms with E-state index in [4.69, 9.17) is 4.52 Å². The first-order valence-corrected chi connectivity index (χ1v) is 5.06. The van der Waals surface area contributed by atoms with Gasteiger partial charge in [-0.1, -0.05) is 0 Å². The van der Waals surface area contributed by atoms with E-state index in [1.54, 1.807) is 0 Å². The van der Waals surface area contributed by atoms with Gasteiger partial charge in [0.25, 0.3) is 5.91 Å². The van der Waals surface area contributed by atoms with Crippen LogP contribution in [0.2, 0.25) is 0 Å². The number of carbonyl (C=O) groups is 1. The summed E-state index contributed by atoms with van der Waals surface area (Å²) < 4.78 is 5.48. The summed E-state index contributed by atoms with van der Waals surface area (Å²) in [6.45, 7) is 1.91. The Balaban J connectivity index is 2.07. The van der Waals surface area contributed by atoms with Crippen molar-refractivity contribution in [3.05, 3.63) is 0 Å². The normalized spacial score (nSPS) is 31.2. The Hall–Kier alpha value is -0.180. The quantitative estimate of drug-likeness (QED) is 0.548. The molecule has 1 unspecified atom stereocenters. The topological polar surface area (TPSA) is 41.6 Å². The summed E-state index contributed by atoms with van der Waals surface area (Å²) in [4.78, 5) is 13.6. The maximum absolute atomic E-state index is 11.4. The smallest absolute Gasteiger partial charge is 0.257 e. The van der Waals surface area contributed by atoms with E-state index in [2.05, 4.69) is 17.0 Å². The zero-order valence-electron chi connectivity index (χ0n) is 7.09. The second-order valence-corrected chi connectivity index (χ2v) is 4.11. The van der Waals surface area contributed by atoms with Gasteiger partial charge in [-0.05, 0) is 19.9 Å². The zero-order chi connectivity index (χ0) is 8.60. The van der Waals surface area contributed by atoms with Crippen LogP contribution in [0.1, 0.15) is 12.8 Å². The second kappa shape index (κ2) is 2.95. The number of hydrogen-bond acceptors (Lipinski definition) is 3. The van der Waals surface area contributed by atoms with Crippen molar-refractivity contribution in [1.82, 2.24) is 9.99 Å². The maximum Gasteiger partial charge on any atom is 0.257 e. The van der Waals surface area contributed by atoms with Gasteiger partial charge in [0.2, 0.25) is 0 Å². The lowest BCUT2D eigenvalue weighted by atomic mass is 9.91. The van der Waals surface area contributed by atoms with Gasteiger partial charge in [-0.2, -0.15) is 0 Å². The fourth-order valence-corrected chi connectivity index (χ4v) is 2.50. The summed E-state index contributed by atoms with van der Waals surface area (Å²) in [5.41, 5.74) is -0.467. The standard InChI is InChI=1S/C7H13N2O2P/c1-9-4-2-7(3-5-9)6(10)8-12-11-7/h12H,2-5H2,1H3,(H,8,10). The van der Waals surface area contributed by atoms with E-state index in [0.717, 1.165) is 25.9 Å². The minimum atomic E-state index is -0.467. The van der Waals surface area contributed by atoms with Crippen molar-refractivity contribution in [2.24, 2.45) is 0 Å². The number of likely N-dealkylation sites (tertiary alicyclic amines) is 1. The van der Waals surface area contributed by atoms with Crippen LogP contribution in [0.15, 0.2) is 0 Å². The van der Waals surface area contributed by atoms with Crippen molar-refractivity contribution in [2.75, 3.05) is 20.1 Å². The third kappa shape index (κ3) is 1.24. The predicted molar refractivity (Wildman–Crippen MR) is 47.0 cm³/mol. The highest BCUT2D eigenvalue weighted by Crippen LogP contribution is 2.37. The molecule has 4 nitrogen and oxygen atoms in total. The van der Waals surface area contributed by atoms with Crippen molar-refractivity contribution < 1.29 is 9.32 Å². The first-order valence-electron chi connectivity index (χ1n) is 4.15. The fourth-order valence-electron chi connectivity index (χ4n) is 1.64. The Morgan fingerprint density at radius 1 is 1.58 bits per heavy atom. The zero-order valence-corrected chi connectivity index (χ0v) is 8.09. The molecule has 5 heteroatoms. The molecular formula is C7H13N2O2P. The summed E-state index contributed by atoms with van der Waals surface area (Å²) in [5.74, 6) is 0.0916. The molecule has 0 bridgehead atoms. The molecule has 0 radical (unpaired) electrons. The van der Waals surface area contributed by atoms with Crippen molar-refractivity contribution >= 4 is 14.9 Å². The van der Waals surface area contributed by atoms with Crippen molar-refractivity contribution in [1.29, 1.82) is 0 Å². The number of rotatable bonds is 0. The molecule has 2 saturated heterocycles. The molecule has 2 aliphatic rings. The third-order valence-corrected chi connectivity index (χ3v) is 3.44. The van der Waals surface area contributed by atoms with Gasteiger partial charge in [-0.3, -0.25) is 4.79 Å². The van der Waals surface area contributed by atoms with Crippen LogP contribution in [0.4, 0.5) is 0 Å². The summed E-state index contributed by atoms with van der Waals surface area (Å²) in [5, 5.41) is 2.74. The third-order valence-electron chi connectivity index (χ3n) is 2.62. The van der Waals surface area contributed by atoms with E-state index in [9.17, 15) is 4.79 Å². The van der Waals surface area contributed by atoms with Crippen LogP contribution in [0.5, 0.6) is 0 Å². The van der Waals surface area contributed by atoms with Gasteiger partial charge in [0.1, 0.15) is 8.96 Å². The molecule has 0 saturated carbocycles. The maximum atomic E-state index is 11.4. The Labute approximate surface area is 73.6 Å². The van der Waals surface area contributed by atoms with Gasteiger partial charge in [-0.15, -0.1) is 0 Å². The molecule has 0 aromatic heterocycles. The van der Waals surface area contributed by atoms with Crippen LogP contribution >= 0.6 is 8.96 Å². The number of nitrogens with one attached hydrogen (secondary N) is 1. The van der Waals surface area contributed by atoms with Gasteiger partial charge in [-0.25, -0.2) is 0 Å². The first-order chi connectivity index (χ1) is 5.73. The lowest BCUT2D eigenvalue weighted by Gasteiger charge is -2.33. The van der Waals surface area contributed by atoms with E-state index in [1.165, 1.54) is 0 Å². The Morgan fingerprint density at radius 2 is 2.25 bits per heavy atom. The predicted octanol–water partition coefficient (Wildman–Crippen LogP) is 0.106. The number of carbonyl (C=O) groups excluding carboxylic acids is 1. The van der Waals surface area contributed by atoms with Gasteiger partial charge < -0.3 is 14.5 Å². The highest BCUT2D eigenvalue weighted by Gasteiger charge is 2.45. The monoisotopic (exact) mass is 188 g/mol. The van der Waals surface area contributed by atoms with E-state index in [0.29, 0.717) is 0 Å². The van der Waals surface area contributed by atoms with Crippen LogP contribution in [0.3, 0.4) is 0 Å². The van der Waals surface area contributed by atoms with Crippen LogP contribution in [0.25, 0.3) is 0 Å². The van der Waals surface area contributed by atoms with Crippen LogP contribution in [0, 0.1) is 0 Å². The summed E-state index contributed by atoms with van der Waals surface area (Å²) in [6, 6.07) is 0. The molecular weight excluding hydrogens is 175 g/mol. The molecule has 12 heavy (non-hydrogen) atoms. The molecule has 68 valence electrons. The van der Waals surface area contributed by atoms with E-state index in [1.807, 2.05) is 0 Å². The van der Waals surface area contributed by atoms with Gasteiger partial charge in [0.05, 0.1) is 0 Å². The molecule has 1 spiro atoms. The number of piperidine rings is 1. The van der Waals surface area contributed by atoms with Gasteiger partial charge >= 0.3 is 0 Å². The molecule has 1 amide bonds. The minimum absolute atomic E-state index is 0.0916. The molecule has 1 N–H and O–H groups in total. The largest absolute Gasteiger partial charge is 0.325 e. The molecule has 1 atom stereocenters. The van der Waals surface area contributed by atoms with Gasteiger partial charge in [0, 0.05) is 13.1 Å². The first kappa shape index (κ1) is 8.42. The van der Waals surface area contributed by atoms with E-state index >= 15 is 0 Å². The van der Waals surface area contributed by atoms with Crippen LogP contribution < -0.4 is 5.09 Å².